The predicted molar refractivity (Wildman–Crippen MR) is 155 cm³/mol. The summed E-state index contributed by atoms with van der Waals surface area (Å²) in [5.74, 6) is 0.788. The normalized spacial score (nSPS) is 25.4. The third kappa shape index (κ3) is 5.51. The Labute approximate surface area is 228 Å². The zero-order valence-electron chi connectivity index (χ0n) is 25.0. The van der Waals surface area contributed by atoms with Gasteiger partial charge in [-0.3, -0.25) is 4.57 Å². The van der Waals surface area contributed by atoms with Crippen molar-refractivity contribution in [1.29, 1.82) is 0 Å². The number of rotatable bonds is 8. The average molecular weight is 567 g/mol. The minimum absolute atomic E-state index is 0.0227. The van der Waals surface area contributed by atoms with E-state index in [1.165, 1.54) is 0 Å². The standard InChI is InChI=1S/C26H47FN6O3Si2/c1-25(2,3)37(8,9)34-14-17-20(36-38(10,11)26(4,5)6)18(27)23(35-17)33-15-29-19-21(32(7)16-12-13-16)30-24(28)31-22(19)33/h15-18,20,23H,12-14H2,1-11H3,(H2,28,30,31)/t17-,18-,20-,23-/m1/s1. The van der Waals surface area contributed by atoms with Crippen molar-refractivity contribution in [2.24, 2.45) is 0 Å². The second-order valence-electron chi connectivity index (χ2n) is 14.0. The topological polar surface area (TPSA) is 101 Å². The highest BCUT2D eigenvalue weighted by Gasteiger charge is 2.52. The molecule has 1 saturated carbocycles. The summed E-state index contributed by atoms with van der Waals surface area (Å²) in [5, 5.41) is -0.0593. The molecule has 38 heavy (non-hydrogen) atoms. The van der Waals surface area contributed by atoms with Gasteiger partial charge in [-0.25, -0.2) is 9.37 Å². The fraction of sp³-hybridized carbons (Fsp3) is 0.808. The molecule has 1 aliphatic carbocycles. The highest BCUT2D eigenvalue weighted by Crippen LogP contribution is 2.44. The molecule has 0 radical (unpaired) electrons. The minimum Gasteiger partial charge on any atom is -0.414 e. The second kappa shape index (κ2) is 9.79. The molecule has 0 amide bonds. The molecule has 1 saturated heterocycles. The first-order valence-electron chi connectivity index (χ1n) is 13.7. The third-order valence-electron chi connectivity index (χ3n) is 9.04. The Morgan fingerprint density at radius 1 is 1.08 bits per heavy atom. The maximum atomic E-state index is 16.5. The quantitative estimate of drug-likeness (QED) is 0.409. The van der Waals surface area contributed by atoms with Gasteiger partial charge < -0.3 is 24.2 Å². The fourth-order valence-electron chi connectivity index (χ4n) is 4.20. The minimum atomic E-state index is -2.31. The molecular formula is C26H47FN6O3Si2. The van der Waals surface area contributed by atoms with Gasteiger partial charge in [0.15, 0.2) is 46.0 Å². The number of aromatic nitrogens is 4. The number of anilines is 2. The van der Waals surface area contributed by atoms with E-state index in [0.29, 0.717) is 23.0 Å². The van der Waals surface area contributed by atoms with Crippen LogP contribution in [0.4, 0.5) is 16.2 Å². The summed E-state index contributed by atoms with van der Waals surface area (Å²) in [6.07, 6.45) is 0.0544. The largest absolute Gasteiger partial charge is 0.414 e. The first kappa shape index (κ1) is 29.4. The number of hydrogen-bond donors (Lipinski definition) is 1. The Morgan fingerprint density at radius 3 is 2.24 bits per heavy atom. The van der Waals surface area contributed by atoms with E-state index in [1.807, 2.05) is 7.05 Å². The number of nitrogens with zero attached hydrogens (tertiary/aromatic N) is 5. The van der Waals surface area contributed by atoms with Gasteiger partial charge >= 0.3 is 0 Å². The average Bonchev–Trinajstić information content (AvgIpc) is 3.48. The van der Waals surface area contributed by atoms with Crippen LogP contribution in [0.2, 0.25) is 36.3 Å². The van der Waals surface area contributed by atoms with Crippen LogP contribution in [-0.4, -0.2) is 74.2 Å². The third-order valence-corrected chi connectivity index (χ3v) is 18.0. The highest BCUT2D eigenvalue weighted by atomic mass is 28.4. The number of nitrogens with two attached hydrogens (primary N) is 1. The van der Waals surface area contributed by atoms with Gasteiger partial charge in [-0.2, -0.15) is 9.97 Å². The van der Waals surface area contributed by atoms with Gasteiger partial charge in [0.05, 0.1) is 12.9 Å². The van der Waals surface area contributed by atoms with Crippen LogP contribution in [0.15, 0.2) is 6.33 Å². The summed E-state index contributed by atoms with van der Waals surface area (Å²) in [5.41, 5.74) is 7.16. The number of fused-ring (bicyclic) bond motifs is 1. The molecule has 9 nitrogen and oxygen atoms in total. The van der Waals surface area contributed by atoms with Crippen molar-refractivity contribution in [2.75, 3.05) is 24.3 Å². The molecular weight excluding hydrogens is 519 g/mol. The van der Waals surface area contributed by atoms with Gasteiger partial charge in [0.25, 0.3) is 0 Å². The first-order valence-corrected chi connectivity index (χ1v) is 19.5. The maximum Gasteiger partial charge on any atom is 0.224 e. The van der Waals surface area contributed by atoms with Crippen molar-refractivity contribution in [3.05, 3.63) is 6.33 Å². The Hall–Kier alpha value is -1.61. The molecule has 0 unspecified atom stereocenters. The monoisotopic (exact) mass is 566 g/mol. The Kier molecular flexibility index (Phi) is 7.57. The molecule has 2 aromatic rings. The van der Waals surface area contributed by atoms with Crippen molar-refractivity contribution < 1.29 is 18.0 Å². The molecule has 2 aliphatic rings. The SMILES string of the molecule is CN(c1nc(N)nc2c1ncn2[C@@H]1O[C@H](CO[Si](C)(C)C(C)(C)C)[C@@H](O[Si](C)(C)C(C)(C)C)[C@H]1F)C1CC1. The van der Waals surface area contributed by atoms with Gasteiger partial charge in [-0.15, -0.1) is 0 Å². The summed E-state index contributed by atoms with van der Waals surface area (Å²) >= 11 is 0. The van der Waals surface area contributed by atoms with Crippen LogP contribution in [0.5, 0.6) is 0 Å². The summed E-state index contributed by atoms with van der Waals surface area (Å²) in [6, 6.07) is 0.411. The molecule has 0 bridgehead atoms. The van der Waals surface area contributed by atoms with Gasteiger partial charge in [0.2, 0.25) is 5.95 Å². The molecule has 4 rings (SSSR count). The molecule has 214 valence electrons. The lowest BCUT2D eigenvalue weighted by atomic mass is 10.1. The lowest BCUT2D eigenvalue weighted by Gasteiger charge is -2.40. The van der Waals surface area contributed by atoms with Crippen LogP contribution in [0.1, 0.15) is 60.6 Å². The number of nitrogen functional groups attached to an aromatic ring is 1. The van der Waals surface area contributed by atoms with Crippen molar-refractivity contribution >= 4 is 39.6 Å². The molecule has 3 heterocycles. The van der Waals surface area contributed by atoms with Gasteiger partial charge in [0.1, 0.15) is 12.2 Å². The number of alkyl halides is 1. The van der Waals surface area contributed by atoms with E-state index in [-0.39, 0.29) is 22.6 Å². The van der Waals surface area contributed by atoms with Crippen molar-refractivity contribution in [1.82, 2.24) is 19.5 Å². The fourth-order valence-corrected chi connectivity index (χ4v) is 6.53. The van der Waals surface area contributed by atoms with E-state index in [2.05, 4.69) is 87.6 Å². The molecule has 2 aromatic heterocycles. The van der Waals surface area contributed by atoms with Crippen LogP contribution < -0.4 is 10.6 Å². The molecule has 0 aromatic carbocycles. The van der Waals surface area contributed by atoms with E-state index in [1.54, 1.807) is 10.9 Å². The van der Waals surface area contributed by atoms with Crippen LogP contribution in [0, 0.1) is 0 Å². The summed E-state index contributed by atoms with van der Waals surface area (Å²) in [4.78, 5) is 15.6. The predicted octanol–water partition coefficient (Wildman–Crippen LogP) is 5.65. The molecule has 12 heteroatoms. The maximum absolute atomic E-state index is 16.5. The molecule has 4 atom stereocenters. The molecule has 2 fully saturated rings. The van der Waals surface area contributed by atoms with Crippen molar-refractivity contribution in [2.45, 2.75) is 121 Å². The van der Waals surface area contributed by atoms with Gasteiger partial charge in [-0.1, -0.05) is 41.5 Å². The first-order chi connectivity index (χ1) is 17.3. The van der Waals surface area contributed by atoms with Gasteiger partial charge in [0, 0.05) is 13.1 Å². The van der Waals surface area contributed by atoms with Crippen molar-refractivity contribution in [3.8, 4) is 0 Å². The zero-order chi connectivity index (χ0) is 28.4. The summed E-state index contributed by atoms with van der Waals surface area (Å²) in [6.45, 7) is 22.0. The highest BCUT2D eigenvalue weighted by molar-refractivity contribution is 6.74. The number of halogens is 1. The van der Waals surface area contributed by atoms with Crippen LogP contribution >= 0.6 is 0 Å². The lowest BCUT2D eigenvalue weighted by molar-refractivity contribution is -0.0421. The smallest absolute Gasteiger partial charge is 0.224 e. The zero-order valence-corrected chi connectivity index (χ0v) is 27.0. The van der Waals surface area contributed by atoms with E-state index in [9.17, 15) is 0 Å². The number of imidazole rings is 1. The van der Waals surface area contributed by atoms with E-state index >= 15 is 4.39 Å². The Morgan fingerprint density at radius 2 is 1.68 bits per heavy atom. The molecule has 2 N–H and O–H groups in total. The Bertz CT molecular complexity index is 1160. The van der Waals surface area contributed by atoms with Crippen LogP contribution in [0.3, 0.4) is 0 Å². The number of ether oxygens (including phenoxy) is 1. The van der Waals surface area contributed by atoms with E-state index in [0.717, 1.165) is 12.8 Å². The molecule has 0 spiro atoms. The summed E-state index contributed by atoms with van der Waals surface area (Å²) in [7, 11) is -2.42. The van der Waals surface area contributed by atoms with Gasteiger partial charge in [-0.05, 0) is 49.1 Å². The van der Waals surface area contributed by atoms with Crippen LogP contribution in [-0.2, 0) is 13.6 Å². The van der Waals surface area contributed by atoms with Crippen molar-refractivity contribution in [3.63, 3.8) is 0 Å². The Balaban J connectivity index is 1.69. The molecule has 1 aliphatic heterocycles. The number of hydrogen-bond acceptors (Lipinski definition) is 8. The van der Waals surface area contributed by atoms with E-state index < -0.39 is 41.2 Å². The van der Waals surface area contributed by atoms with E-state index in [4.69, 9.17) is 19.3 Å². The second-order valence-corrected chi connectivity index (χ2v) is 23.6. The summed E-state index contributed by atoms with van der Waals surface area (Å²) < 4.78 is 37.7. The lowest BCUT2D eigenvalue weighted by Crippen LogP contribution is -2.50. The van der Waals surface area contributed by atoms with Crippen LogP contribution in [0.25, 0.3) is 11.2 Å².